The van der Waals surface area contributed by atoms with Gasteiger partial charge in [-0.2, -0.15) is 5.10 Å². The first kappa shape index (κ1) is 13.5. The van der Waals surface area contributed by atoms with Crippen LogP contribution in [-0.2, 0) is 13.0 Å². The maximum absolute atomic E-state index is 6.37. The number of hydrogen-bond donors (Lipinski definition) is 1. The number of hydrogen-bond acceptors (Lipinski definition) is 3. The van der Waals surface area contributed by atoms with E-state index >= 15 is 0 Å². The van der Waals surface area contributed by atoms with Crippen LogP contribution in [0.4, 0.5) is 0 Å². The summed E-state index contributed by atoms with van der Waals surface area (Å²) in [7, 11) is 0. The van der Waals surface area contributed by atoms with Crippen LogP contribution in [0.1, 0.15) is 51.8 Å². The minimum Gasteiger partial charge on any atom is -0.327 e. The second-order valence-electron chi connectivity index (χ2n) is 5.61. The van der Waals surface area contributed by atoms with E-state index in [1.54, 1.807) is 6.33 Å². The molecule has 0 radical (unpaired) electrons. The SMILES string of the molecule is CCCn1ncnc1CC(N)C1CCC(CC)C1. The highest BCUT2D eigenvalue weighted by molar-refractivity contribution is 4.93. The molecule has 1 heterocycles. The van der Waals surface area contributed by atoms with E-state index in [-0.39, 0.29) is 6.04 Å². The summed E-state index contributed by atoms with van der Waals surface area (Å²) in [4.78, 5) is 4.36. The summed E-state index contributed by atoms with van der Waals surface area (Å²) in [5.74, 6) is 2.64. The van der Waals surface area contributed by atoms with E-state index in [0.717, 1.165) is 31.1 Å². The summed E-state index contributed by atoms with van der Waals surface area (Å²) in [5.41, 5.74) is 6.37. The van der Waals surface area contributed by atoms with Gasteiger partial charge in [0.1, 0.15) is 12.2 Å². The highest BCUT2D eigenvalue weighted by Crippen LogP contribution is 2.34. The van der Waals surface area contributed by atoms with Gasteiger partial charge in [-0.05, 0) is 31.1 Å². The summed E-state index contributed by atoms with van der Waals surface area (Å²) >= 11 is 0. The van der Waals surface area contributed by atoms with Crippen molar-refractivity contribution in [2.24, 2.45) is 17.6 Å². The van der Waals surface area contributed by atoms with Gasteiger partial charge in [0.2, 0.25) is 0 Å². The monoisotopic (exact) mass is 250 g/mol. The molecule has 0 amide bonds. The Hall–Kier alpha value is -0.900. The van der Waals surface area contributed by atoms with Gasteiger partial charge in [-0.25, -0.2) is 4.98 Å². The lowest BCUT2D eigenvalue weighted by atomic mass is 9.94. The molecule has 1 aliphatic carbocycles. The average molecular weight is 250 g/mol. The maximum Gasteiger partial charge on any atom is 0.138 e. The molecule has 1 saturated carbocycles. The quantitative estimate of drug-likeness (QED) is 0.843. The third-order valence-corrected chi connectivity index (χ3v) is 4.31. The van der Waals surface area contributed by atoms with Gasteiger partial charge in [0.25, 0.3) is 0 Å². The van der Waals surface area contributed by atoms with Crippen molar-refractivity contribution in [3.8, 4) is 0 Å². The van der Waals surface area contributed by atoms with Crippen LogP contribution >= 0.6 is 0 Å². The van der Waals surface area contributed by atoms with E-state index in [0.29, 0.717) is 5.92 Å². The molecule has 18 heavy (non-hydrogen) atoms. The zero-order valence-electron chi connectivity index (χ0n) is 11.7. The molecule has 2 rings (SSSR count). The molecule has 3 atom stereocenters. The fraction of sp³-hybridized carbons (Fsp3) is 0.857. The molecule has 1 aromatic heterocycles. The van der Waals surface area contributed by atoms with Gasteiger partial charge in [-0.3, -0.25) is 4.68 Å². The van der Waals surface area contributed by atoms with Gasteiger partial charge in [-0.1, -0.05) is 26.7 Å². The molecule has 0 bridgehead atoms. The number of nitrogens with two attached hydrogens (primary N) is 1. The van der Waals surface area contributed by atoms with Gasteiger partial charge in [0.15, 0.2) is 0 Å². The van der Waals surface area contributed by atoms with Crippen LogP contribution in [-0.4, -0.2) is 20.8 Å². The second-order valence-corrected chi connectivity index (χ2v) is 5.61. The van der Waals surface area contributed by atoms with Gasteiger partial charge >= 0.3 is 0 Å². The van der Waals surface area contributed by atoms with Crippen molar-refractivity contribution in [3.63, 3.8) is 0 Å². The third kappa shape index (κ3) is 3.10. The lowest BCUT2D eigenvalue weighted by molar-refractivity contribution is 0.393. The van der Waals surface area contributed by atoms with E-state index < -0.39 is 0 Å². The first-order chi connectivity index (χ1) is 8.74. The Balaban J connectivity index is 1.90. The molecule has 4 nitrogen and oxygen atoms in total. The number of aromatic nitrogens is 3. The summed E-state index contributed by atoms with van der Waals surface area (Å²) in [5, 5.41) is 4.27. The van der Waals surface area contributed by atoms with Crippen LogP contribution in [0.3, 0.4) is 0 Å². The normalized spacial score (nSPS) is 25.5. The molecular formula is C14H26N4. The van der Waals surface area contributed by atoms with Crippen LogP contribution in [0.25, 0.3) is 0 Å². The minimum absolute atomic E-state index is 0.251. The van der Waals surface area contributed by atoms with Gasteiger partial charge in [0, 0.05) is 19.0 Å². The molecular weight excluding hydrogens is 224 g/mol. The van der Waals surface area contributed by atoms with Crippen molar-refractivity contribution < 1.29 is 0 Å². The lowest BCUT2D eigenvalue weighted by Crippen LogP contribution is -2.32. The Labute approximate surface area is 110 Å². The Kier molecular flexibility index (Phi) is 4.75. The van der Waals surface area contributed by atoms with Crippen molar-refractivity contribution in [1.29, 1.82) is 0 Å². The molecule has 1 aliphatic rings. The van der Waals surface area contributed by atoms with Gasteiger partial charge in [0.05, 0.1) is 0 Å². The zero-order chi connectivity index (χ0) is 13.0. The molecule has 1 aromatic rings. The Bertz CT molecular complexity index is 360. The number of aryl methyl sites for hydroxylation is 1. The third-order valence-electron chi connectivity index (χ3n) is 4.31. The van der Waals surface area contributed by atoms with Crippen molar-refractivity contribution in [1.82, 2.24) is 14.8 Å². The highest BCUT2D eigenvalue weighted by Gasteiger charge is 2.28. The van der Waals surface area contributed by atoms with Crippen molar-refractivity contribution in [2.75, 3.05) is 0 Å². The van der Waals surface area contributed by atoms with Gasteiger partial charge in [-0.15, -0.1) is 0 Å². The Morgan fingerprint density at radius 2 is 2.28 bits per heavy atom. The highest BCUT2D eigenvalue weighted by atomic mass is 15.3. The summed E-state index contributed by atoms with van der Waals surface area (Å²) in [6.45, 7) is 5.40. The molecule has 102 valence electrons. The van der Waals surface area contributed by atoms with E-state index in [1.807, 2.05) is 4.68 Å². The van der Waals surface area contributed by atoms with Crippen molar-refractivity contribution >= 4 is 0 Å². The summed E-state index contributed by atoms with van der Waals surface area (Å²) in [6.07, 6.45) is 8.88. The van der Waals surface area contributed by atoms with Crippen LogP contribution < -0.4 is 5.73 Å². The fourth-order valence-corrected chi connectivity index (χ4v) is 3.10. The van der Waals surface area contributed by atoms with Crippen LogP contribution in [0.15, 0.2) is 6.33 Å². The topological polar surface area (TPSA) is 56.7 Å². The molecule has 4 heteroatoms. The lowest BCUT2D eigenvalue weighted by Gasteiger charge is -2.19. The molecule has 0 aliphatic heterocycles. The Morgan fingerprint density at radius 1 is 1.44 bits per heavy atom. The van der Waals surface area contributed by atoms with Crippen molar-refractivity contribution in [2.45, 2.75) is 65.0 Å². The molecule has 2 N–H and O–H groups in total. The first-order valence-electron chi connectivity index (χ1n) is 7.36. The van der Waals surface area contributed by atoms with Gasteiger partial charge < -0.3 is 5.73 Å². The number of nitrogens with zero attached hydrogens (tertiary/aromatic N) is 3. The Morgan fingerprint density at radius 3 is 2.94 bits per heavy atom. The summed E-state index contributed by atoms with van der Waals surface area (Å²) < 4.78 is 2.01. The largest absolute Gasteiger partial charge is 0.327 e. The summed E-state index contributed by atoms with van der Waals surface area (Å²) in [6, 6.07) is 0.251. The van der Waals surface area contributed by atoms with Crippen LogP contribution in [0.2, 0.25) is 0 Å². The van der Waals surface area contributed by atoms with Crippen LogP contribution in [0, 0.1) is 11.8 Å². The zero-order valence-corrected chi connectivity index (χ0v) is 11.7. The van der Waals surface area contributed by atoms with E-state index in [4.69, 9.17) is 5.73 Å². The predicted molar refractivity (Wildman–Crippen MR) is 73.1 cm³/mol. The van der Waals surface area contributed by atoms with E-state index in [1.165, 1.54) is 25.7 Å². The van der Waals surface area contributed by atoms with Crippen LogP contribution in [0.5, 0.6) is 0 Å². The molecule has 1 fully saturated rings. The maximum atomic E-state index is 6.37. The number of rotatable bonds is 6. The minimum atomic E-state index is 0.251. The standard InChI is InChI=1S/C14H26N4/c1-3-7-18-14(16-10-17-18)9-13(15)12-6-5-11(4-2)8-12/h10-13H,3-9,15H2,1-2H3. The molecule has 3 unspecified atom stereocenters. The van der Waals surface area contributed by atoms with E-state index in [2.05, 4.69) is 23.9 Å². The fourth-order valence-electron chi connectivity index (χ4n) is 3.10. The molecule has 0 aromatic carbocycles. The first-order valence-corrected chi connectivity index (χ1v) is 7.36. The molecule has 0 saturated heterocycles. The van der Waals surface area contributed by atoms with E-state index in [9.17, 15) is 0 Å². The molecule has 0 spiro atoms. The second kappa shape index (κ2) is 6.32. The van der Waals surface area contributed by atoms with Crippen molar-refractivity contribution in [3.05, 3.63) is 12.2 Å². The predicted octanol–water partition coefficient (Wildman–Crippen LogP) is 2.38. The average Bonchev–Trinajstić information content (AvgIpc) is 2.99. The smallest absolute Gasteiger partial charge is 0.138 e.